The summed E-state index contributed by atoms with van der Waals surface area (Å²) in [6.45, 7) is 3.59. The summed E-state index contributed by atoms with van der Waals surface area (Å²) < 4.78 is 21.7. The van der Waals surface area contributed by atoms with Crippen LogP contribution < -0.4 is 19.5 Å². The second kappa shape index (κ2) is 11.4. The van der Waals surface area contributed by atoms with E-state index in [0.717, 1.165) is 0 Å². The number of aryl methyl sites for hydroxylation is 1. The van der Waals surface area contributed by atoms with Crippen LogP contribution in [0.1, 0.15) is 32.5 Å². The number of non-ortho nitro benzene ring substituents is 1. The van der Waals surface area contributed by atoms with E-state index in [2.05, 4.69) is 21.2 Å². The number of nitro groups is 1. The van der Waals surface area contributed by atoms with Crippen molar-refractivity contribution in [2.24, 2.45) is 0 Å². The van der Waals surface area contributed by atoms with Gasteiger partial charge in [-0.1, -0.05) is 0 Å². The molecule has 0 aliphatic carbocycles. The number of amides is 1. The molecule has 1 N–H and O–H groups in total. The molecular weight excluding hydrogens is 556 g/mol. The highest BCUT2D eigenvalue weighted by molar-refractivity contribution is 9.10. The minimum Gasteiger partial charge on any atom is -0.493 e. The van der Waals surface area contributed by atoms with Crippen LogP contribution >= 0.6 is 27.3 Å². The summed E-state index contributed by atoms with van der Waals surface area (Å²) in [4.78, 5) is 37.6. The zero-order chi connectivity index (χ0) is 26.6. The van der Waals surface area contributed by atoms with Gasteiger partial charge in [0.2, 0.25) is 5.75 Å². The summed E-state index contributed by atoms with van der Waals surface area (Å²) in [6, 6.07) is 7.30. The van der Waals surface area contributed by atoms with Crippen molar-refractivity contribution in [3.8, 4) is 28.4 Å². The molecule has 0 unspecified atom stereocenters. The molecule has 0 fully saturated rings. The van der Waals surface area contributed by atoms with Crippen LogP contribution in [0, 0.1) is 17.0 Å². The van der Waals surface area contributed by atoms with Gasteiger partial charge in [0, 0.05) is 22.6 Å². The Kier molecular flexibility index (Phi) is 8.53. The first-order valence-electron chi connectivity index (χ1n) is 10.5. The molecule has 12 heteroatoms. The second-order valence-electron chi connectivity index (χ2n) is 7.22. The van der Waals surface area contributed by atoms with Crippen LogP contribution in [0.2, 0.25) is 0 Å². The summed E-state index contributed by atoms with van der Waals surface area (Å²) in [5, 5.41) is 14.1. The number of nitrogens with zero attached hydrogens (tertiary/aromatic N) is 1. The van der Waals surface area contributed by atoms with Crippen LogP contribution in [0.25, 0.3) is 11.1 Å². The Morgan fingerprint density at radius 2 is 1.72 bits per heavy atom. The van der Waals surface area contributed by atoms with E-state index in [1.807, 2.05) is 0 Å². The van der Waals surface area contributed by atoms with Crippen molar-refractivity contribution in [1.29, 1.82) is 0 Å². The lowest BCUT2D eigenvalue weighted by atomic mass is 10.0. The summed E-state index contributed by atoms with van der Waals surface area (Å²) in [6.07, 6.45) is 0. The molecule has 0 bridgehead atoms. The van der Waals surface area contributed by atoms with Gasteiger partial charge in [-0.2, -0.15) is 0 Å². The molecule has 3 rings (SSSR count). The summed E-state index contributed by atoms with van der Waals surface area (Å²) in [7, 11) is 4.32. The number of thiophene rings is 1. The van der Waals surface area contributed by atoms with Crippen LogP contribution in [-0.4, -0.2) is 44.7 Å². The van der Waals surface area contributed by atoms with E-state index in [1.54, 1.807) is 26.0 Å². The largest absolute Gasteiger partial charge is 0.493 e. The van der Waals surface area contributed by atoms with Gasteiger partial charge < -0.3 is 24.3 Å². The Labute approximate surface area is 219 Å². The lowest BCUT2D eigenvalue weighted by Gasteiger charge is -2.16. The molecule has 0 spiro atoms. The third-order valence-electron chi connectivity index (χ3n) is 5.17. The van der Waals surface area contributed by atoms with Gasteiger partial charge in [-0.3, -0.25) is 14.9 Å². The number of nitrogens with one attached hydrogen (secondary N) is 1. The third-order valence-corrected chi connectivity index (χ3v) is 6.98. The van der Waals surface area contributed by atoms with Crippen LogP contribution in [0.5, 0.6) is 17.2 Å². The van der Waals surface area contributed by atoms with Crippen LogP contribution in [0.15, 0.2) is 34.8 Å². The highest BCUT2D eigenvalue weighted by Crippen LogP contribution is 2.46. The third kappa shape index (κ3) is 5.14. The van der Waals surface area contributed by atoms with E-state index in [0.29, 0.717) is 26.2 Å². The maximum absolute atomic E-state index is 13.4. The number of hydrogen-bond acceptors (Lipinski definition) is 9. The predicted molar refractivity (Wildman–Crippen MR) is 139 cm³/mol. The quantitative estimate of drug-likeness (QED) is 0.190. The first kappa shape index (κ1) is 27.0. The fraction of sp³-hybridized carbons (Fsp3) is 0.250. The first-order valence-corrected chi connectivity index (χ1v) is 12.1. The fourth-order valence-corrected chi connectivity index (χ4v) is 5.28. The van der Waals surface area contributed by atoms with Crippen LogP contribution in [-0.2, 0) is 4.74 Å². The number of anilines is 1. The van der Waals surface area contributed by atoms with Crippen molar-refractivity contribution in [2.45, 2.75) is 13.8 Å². The molecule has 10 nitrogen and oxygen atoms in total. The predicted octanol–water partition coefficient (Wildman–Crippen LogP) is 5.85. The van der Waals surface area contributed by atoms with Crippen molar-refractivity contribution < 1.29 is 33.5 Å². The van der Waals surface area contributed by atoms with E-state index >= 15 is 0 Å². The molecule has 0 saturated carbocycles. The Morgan fingerprint density at radius 3 is 2.25 bits per heavy atom. The lowest BCUT2D eigenvalue weighted by molar-refractivity contribution is -0.384. The van der Waals surface area contributed by atoms with Crippen LogP contribution in [0.4, 0.5) is 10.7 Å². The van der Waals surface area contributed by atoms with Crippen molar-refractivity contribution in [2.75, 3.05) is 33.3 Å². The molecule has 1 amide bonds. The topological polar surface area (TPSA) is 126 Å². The number of hydrogen-bond donors (Lipinski definition) is 1. The van der Waals surface area contributed by atoms with Gasteiger partial charge in [0.05, 0.1) is 42.9 Å². The van der Waals surface area contributed by atoms with E-state index in [9.17, 15) is 19.7 Å². The first-order chi connectivity index (χ1) is 17.2. The van der Waals surface area contributed by atoms with E-state index in [-0.39, 0.29) is 39.9 Å². The number of carbonyl (C=O) groups is 2. The van der Waals surface area contributed by atoms with Gasteiger partial charge in [0.1, 0.15) is 10.6 Å². The Bertz CT molecular complexity index is 1320. The molecular formula is C24H23BrN2O8S. The van der Waals surface area contributed by atoms with Crippen molar-refractivity contribution in [3.05, 3.63) is 60.9 Å². The molecule has 0 aliphatic rings. The van der Waals surface area contributed by atoms with E-state index in [1.165, 1.54) is 50.9 Å². The molecule has 1 aromatic heterocycles. The normalized spacial score (nSPS) is 10.5. The lowest BCUT2D eigenvalue weighted by Crippen LogP contribution is -2.16. The summed E-state index contributed by atoms with van der Waals surface area (Å²) >= 11 is 4.58. The maximum Gasteiger partial charge on any atom is 0.341 e. The van der Waals surface area contributed by atoms with Gasteiger partial charge in [-0.25, -0.2) is 4.79 Å². The number of ether oxygens (including phenoxy) is 4. The van der Waals surface area contributed by atoms with Crippen molar-refractivity contribution in [1.82, 2.24) is 0 Å². The molecule has 36 heavy (non-hydrogen) atoms. The minimum absolute atomic E-state index is 0.0786. The Morgan fingerprint density at radius 1 is 1.08 bits per heavy atom. The van der Waals surface area contributed by atoms with Crippen molar-refractivity contribution in [3.63, 3.8) is 0 Å². The number of rotatable bonds is 9. The second-order valence-corrected chi connectivity index (χ2v) is 9.24. The maximum atomic E-state index is 13.4. The van der Waals surface area contributed by atoms with Gasteiger partial charge >= 0.3 is 5.97 Å². The number of halogens is 1. The highest BCUT2D eigenvalue weighted by atomic mass is 79.9. The van der Waals surface area contributed by atoms with Gasteiger partial charge in [-0.05, 0) is 53.5 Å². The molecule has 0 aliphatic heterocycles. The van der Waals surface area contributed by atoms with Gasteiger partial charge in [0.25, 0.3) is 11.6 Å². The molecule has 1 heterocycles. The number of methoxy groups -OCH3 is 3. The number of carbonyl (C=O) groups excluding carboxylic acids is 2. The van der Waals surface area contributed by atoms with E-state index in [4.69, 9.17) is 18.9 Å². The zero-order valence-electron chi connectivity index (χ0n) is 20.1. The standard InChI is InChI=1S/C24H23BrN2O8S/c1-6-35-24(29)18-17(13-7-9-14(10-8-13)27(30)31)12(2)36-23(18)26-22(28)15-11-16(32-3)20(33-4)21(34-5)19(15)25/h7-11H,6H2,1-5H3,(H,26,28). The minimum atomic E-state index is -0.630. The molecule has 2 aromatic carbocycles. The average molecular weight is 579 g/mol. The molecule has 190 valence electrons. The Balaban J connectivity index is 2.11. The smallest absolute Gasteiger partial charge is 0.341 e. The van der Waals surface area contributed by atoms with Gasteiger partial charge in [0.15, 0.2) is 11.5 Å². The Hall–Kier alpha value is -3.64. The number of nitro benzene ring substituents is 1. The number of esters is 1. The van der Waals surface area contributed by atoms with E-state index < -0.39 is 16.8 Å². The van der Waals surface area contributed by atoms with Crippen molar-refractivity contribution >= 4 is 49.8 Å². The van der Waals surface area contributed by atoms with Gasteiger partial charge in [-0.15, -0.1) is 11.3 Å². The number of benzene rings is 2. The average Bonchev–Trinajstić information content (AvgIpc) is 3.18. The SMILES string of the molecule is CCOC(=O)c1c(NC(=O)c2cc(OC)c(OC)c(OC)c2Br)sc(C)c1-c1ccc([N+](=O)[O-])cc1. The summed E-state index contributed by atoms with van der Waals surface area (Å²) in [5.41, 5.74) is 1.36. The zero-order valence-corrected chi connectivity index (χ0v) is 22.5. The monoisotopic (exact) mass is 578 g/mol. The molecule has 0 atom stereocenters. The summed E-state index contributed by atoms with van der Waals surface area (Å²) in [5.74, 6) is -0.315. The molecule has 0 radical (unpaired) electrons. The fourth-order valence-electron chi connectivity index (χ4n) is 3.58. The highest BCUT2D eigenvalue weighted by Gasteiger charge is 2.28. The van der Waals surface area contributed by atoms with Crippen LogP contribution in [0.3, 0.4) is 0 Å². The molecule has 0 saturated heterocycles. The molecule has 3 aromatic rings.